The van der Waals surface area contributed by atoms with E-state index in [4.69, 9.17) is 9.15 Å². The van der Waals surface area contributed by atoms with Gasteiger partial charge in [0.05, 0.1) is 5.39 Å². The Kier molecular flexibility index (Phi) is 3.70. The molecule has 1 aliphatic rings. The van der Waals surface area contributed by atoms with Gasteiger partial charge in [0, 0.05) is 17.2 Å². The number of aryl methyl sites for hydroxylation is 2. The third-order valence-corrected chi connectivity index (χ3v) is 4.75. The highest BCUT2D eigenvalue weighted by Gasteiger charge is 2.36. The Labute approximate surface area is 140 Å². The average Bonchev–Trinajstić information content (AvgIpc) is 2.44. The van der Waals surface area contributed by atoms with Gasteiger partial charge in [0.2, 0.25) is 5.76 Å². The van der Waals surface area contributed by atoms with E-state index in [-0.39, 0.29) is 22.7 Å². The van der Waals surface area contributed by atoms with Gasteiger partial charge in [0.15, 0.2) is 5.43 Å². The van der Waals surface area contributed by atoms with E-state index in [9.17, 15) is 14.7 Å². The minimum atomic E-state index is -1.25. The summed E-state index contributed by atoms with van der Waals surface area (Å²) in [6, 6.07) is 1.06. The van der Waals surface area contributed by atoms with Gasteiger partial charge >= 0.3 is 5.97 Å². The fraction of sp³-hybridized carbons (Fsp3) is 0.474. The van der Waals surface area contributed by atoms with Gasteiger partial charge in [0.25, 0.3) is 0 Å². The summed E-state index contributed by atoms with van der Waals surface area (Å²) in [5.74, 6) is -0.598. The van der Waals surface area contributed by atoms with E-state index in [2.05, 4.69) is 6.92 Å². The topological polar surface area (TPSA) is 76.7 Å². The van der Waals surface area contributed by atoms with E-state index in [1.165, 1.54) is 0 Å². The molecule has 2 heterocycles. The highest BCUT2D eigenvalue weighted by atomic mass is 16.5. The number of aromatic carboxylic acids is 1. The van der Waals surface area contributed by atoms with Crippen molar-refractivity contribution in [2.24, 2.45) is 0 Å². The second-order valence-corrected chi connectivity index (χ2v) is 7.15. The Morgan fingerprint density at radius 2 is 2.08 bits per heavy atom. The minimum Gasteiger partial charge on any atom is -0.487 e. The molecule has 1 aliphatic heterocycles. The molecule has 3 rings (SSSR count). The van der Waals surface area contributed by atoms with Crippen LogP contribution in [0.4, 0.5) is 0 Å². The van der Waals surface area contributed by atoms with Crippen LogP contribution >= 0.6 is 0 Å². The largest absolute Gasteiger partial charge is 0.487 e. The molecule has 5 heteroatoms. The molecule has 1 unspecified atom stereocenters. The number of fused-ring (bicyclic) bond motifs is 2. The van der Waals surface area contributed by atoms with E-state index in [0.717, 1.165) is 34.9 Å². The van der Waals surface area contributed by atoms with Crippen LogP contribution in [0, 0.1) is 6.92 Å². The Morgan fingerprint density at radius 1 is 1.42 bits per heavy atom. The number of benzene rings is 1. The molecule has 0 amide bonds. The third kappa shape index (κ3) is 2.39. The van der Waals surface area contributed by atoms with Gasteiger partial charge in [0.1, 0.15) is 16.9 Å². The highest BCUT2D eigenvalue weighted by molar-refractivity contribution is 5.91. The summed E-state index contributed by atoms with van der Waals surface area (Å²) in [5.41, 5.74) is 2.33. The van der Waals surface area contributed by atoms with Crippen LogP contribution in [0.3, 0.4) is 0 Å². The summed E-state index contributed by atoms with van der Waals surface area (Å²) in [6.07, 6.45) is 1.45. The normalized spacial score (nSPS) is 19.0. The second kappa shape index (κ2) is 5.36. The molecule has 0 saturated carbocycles. The van der Waals surface area contributed by atoms with E-state index >= 15 is 0 Å². The molecule has 1 aromatic carbocycles. The quantitative estimate of drug-likeness (QED) is 0.899. The van der Waals surface area contributed by atoms with Crippen LogP contribution in [0.25, 0.3) is 11.0 Å². The zero-order valence-corrected chi connectivity index (χ0v) is 14.6. The van der Waals surface area contributed by atoms with Gasteiger partial charge in [-0.2, -0.15) is 0 Å². The number of carbonyl (C=O) groups is 1. The van der Waals surface area contributed by atoms with Crippen molar-refractivity contribution in [3.05, 3.63) is 38.7 Å². The van der Waals surface area contributed by atoms with Crippen molar-refractivity contribution in [1.82, 2.24) is 0 Å². The van der Waals surface area contributed by atoms with E-state index < -0.39 is 5.97 Å². The van der Waals surface area contributed by atoms with Crippen molar-refractivity contribution < 1.29 is 19.1 Å². The number of carboxylic acid groups (broad SMARTS) is 1. The maximum Gasteiger partial charge on any atom is 0.371 e. The number of rotatable bonds is 2. The lowest BCUT2D eigenvalue weighted by molar-refractivity contribution is 0.0659. The first kappa shape index (κ1) is 16.6. The van der Waals surface area contributed by atoms with Crippen molar-refractivity contribution in [1.29, 1.82) is 0 Å². The molecule has 1 aromatic heterocycles. The molecule has 0 saturated heterocycles. The third-order valence-electron chi connectivity index (χ3n) is 4.75. The molecular formula is C19H22O5. The van der Waals surface area contributed by atoms with Gasteiger partial charge in [-0.15, -0.1) is 0 Å². The van der Waals surface area contributed by atoms with Crippen LogP contribution in [0.2, 0.25) is 0 Å². The second-order valence-electron chi connectivity index (χ2n) is 7.15. The SMILES string of the molecule is CCc1c2c(c(C)c3c(=O)cc(C(=O)O)oc13)C(C)CC(C)(C)O2. The molecule has 1 atom stereocenters. The zero-order chi connectivity index (χ0) is 17.8. The molecule has 0 bridgehead atoms. The van der Waals surface area contributed by atoms with Gasteiger partial charge in [-0.3, -0.25) is 4.79 Å². The predicted octanol–water partition coefficient (Wildman–Crippen LogP) is 4.03. The number of hydrogen-bond acceptors (Lipinski definition) is 4. The summed E-state index contributed by atoms with van der Waals surface area (Å²) in [4.78, 5) is 23.8. The van der Waals surface area contributed by atoms with Gasteiger partial charge in [-0.1, -0.05) is 13.8 Å². The first-order valence-corrected chi connectivity index (χ1v) is 8.21. The first-order chi connectivity index (χ1) is 11.2. The summed E-state index contributed by atoms with van der Waals surface area (Å²) in [6.45, 7) is 10.0. The Morgan fingerprint density at radius 3 is 2.67 bits per heavy atom. The summed E-state index contributed by atoms with van der Waals surface area (Å²) in [7, 11) is 0. The molecule has 0 radical (unpaired) electrons. The van der Waals surface area contributed by atoms with Crippen LogP contribution in [0.15, 0.2) is 15.3 Å². The fourth-order valence-electron chi connectivity index (χ4n) is 3.93. The fourth-order valence-corrected chi connectivity index (χ4v) is 3.93. The van der Waals surface area contributed by atoms with E-state index in [0.29, 0.717) is 17.4 Å². The monoisotopic (exact) mass is 330 g/mol. The van der Waals surface area contributed by atoms with Crippen LogP contribution in [0.5, 0.6) is 5.75 Å². The molecular weight excluding hydrogens is 308 g/mol. The van der Waals surface area contributed by atoms with Crippen molar-refractivity contribution in [3.63, 3.8) is 0 Å². The summed E-state index contributed by atoms with van der Waals surface area (Å²) in [5, 5.41) is 9.66. The molecule has 2 aromatic rings. The van der Waals surface area contributed by atoms with Gasteiger partial charge in [-0.05, 0) is 45.1 Å². The highest BCUT2D eigenvalue weighted by Crippen LogP contribution is 2.47. The molecule has 5 nitrogen and oxygen atoms in total. The first-order valence-electron chi connectivity index (χ1n) is 8.21. The van der Waals surface area contributed by atoms with Crippen molar-refractivity contribution in [2.75, 3.05) is 0 Å². The number of hydrogen-bond donors (Lipinski definition) is 1. The molecule has 0 fully saturated rings. The Hall–Kier alpha value is -2.30. The Balaban J connectivity index is 2.48. The van der Waals surface area contributed by atoms with Crippen molar-refractivity contribution in [2.45, 2.75) is 59.0 Å². The maximum atomic E-state index is 12.5. The van der Waals surface area contributed by atoms with Gasteiger partial charge in [-0.25, -0.2) is 4.79 Å². The molecule has 1 N–H and O–H groups in total. The Bertz CT molecular complexity index is 904. The molecule has 128 valence electrons. The van der Waals surface area contributed by atoms with Crippen LogP contribution < -0.4 is 10.2 Å². The lowest BCUT2D eigenvalue weighted by atomic mass is 9.81. The molecule has 0 aliphatic carbocycles. The summed E-state index contributed by atoms with van der Waals surface area (Å²) >= 11 is 0. The minimum absolute atomic E-state index is 0.247. The smallest absolute Gasteiger partial charge is 0.371 e. The zero-order valence-electron chi connectivity index (χ0n) is 14.6. The maximum absolute atomic E-state index is 12.5. The van der Waals surface area contributed by atoms with Gasteiger partial charge < -0.3 is 14.3 Å². The van der Waals surface area contributed by atoms with E-state index in [1.54, 1.807) is 0 Å². The lowest BCUT2D eigenvalue weighted by Crippen LogP contribution is -2.35. The van der Waals surface area contributed by atoms with Crippen molar-refractivity contribution in [3.8, 4) is 5.75 Å². The lowest BCUT2D eigenvalue weighted by Gasteiger charge is -2.38. The van der Waals surface area contributed by atoms with E-state index in [1.807, 2.05) is 27.7 Å². The predicted molar refractivity (Wildman–Crippen MR) is 91.3 cm³/mol. The van der Waals surface area contributed by atoms with Crippen LogP contribution in [0.1, 0.15) is 67.3 Å². The van der Waals surface area contributed by atoms with Crippen LogP contribution in [-0.4, -0.2) is 16.7 Å². The average molecular weight is 330 g/mol. The molecule has 24 heavy (non-hydrogen) atoms. The van der Waals surface area contributed by atoms with Crippen molar-refractivity contribution >= 4 is 16.9 Å². The number of ether oxygens (including phenoxy) is 1. The number of carboxylic acids is 1. The summed E-state index contributed by atoms with van der Waals surface area (Å²) < 4.78 is 11.8. The van der Waals surface area contributed by atoms with Crippen LogP contribution in [-0.2, 0) is 6.42 Å². The standard InChI is InChI=1S/C19H22O5/c1-6-11-16-15(12(20)7-13(23-16)18(21)22)10(3)14-9(2)8-19(4,5)24-17(11)14/h7,9H,6,8H2,1-5H3,(H,21,22). The molecule has 0 spiro atoms.